The van der Waals surface area contributed by atoms with Gasteiger partial charge in [0.2, 0.25) is 0 Å². The van der Waals surface area contributed by atoms with Crippen LogP contribution in [-0.2, 0) is 12.3 Å². The Morgan fingerprint density at radius 1 is 0.516 bits per heavy atom. The predicted octanol–water partition coefficient (Wildman–Crippen LogP) is 6.12. The Morgan fingerprint density at radius 2 is 0.839 bits per heavy atom. The Hall–Kier alpha value is -1.01. The normalized spacial score (nSPS) is 13.4. The summed E-state index contributed by atoms with van der Waals surface area (Å²) < 4.78 is 20.5. The lowest BCUT2D eigenvalue weighted by molar-refractivity contribution is 0.273. The van der Waals surface area contributed by atoms with Gasteiger partial charge < -0.3 is 17.2 Å². The van der Waals surface area contributed by atoms with Gasteiger partial charge in [0.15, 0.2) is 25.0 Å². The SMILES string of the molecule is CN(C)c1ccc(-c2ccc([Si](O[Si](C)(C)C)(O[Si](C)(C)C)O[Si](C)(C)C)cc2)cc1. The summed E-state index contributed by atoms with van der Waals surface area (Å²) in [4.78, 5) is 2.11. The molecule has 0 radical (unpaired) electrons. The summed E-state index contributed by atoms with van der Waals surface area (Å²) >= 11 is 0. The van der Waals surface area contributed by atoms with Crippen LogP contribution in [0.3, 0.4) is 0 Å². The fourth-order valence-corrected chi connectivity index (χ4v) is 16.6. The van der Waals surface area contributed by atoms with Crippen molar-refractivity contribution >= 4 is 44.6 Å². The summed E-state index contributed by atoms with van der Waals surface area (Å²) in [6.45, 7) is 20.0. The molecule has 0 aliphatic heterocycles. The summed E-state index contributed by atoms with van der Waals surface area (Å²) in [5.41, 5.74) is 3.58. The fourth-order valence-electron chi connectivity index (χ4n) is 3.27. The van der Waals surface area contributed by atoms with E-state index in [1.807, 2.05) is 0 Å². The lowest BCUT2D eigenvalue weighted by atomic mass is 10.1. The van der Waals surface area contributed by atoms with E-state index in [9.17, 15) is 0 Å². The summed E-state index contributed by atoms with van der Waals surface area (Å²) in [7, 11) is -4.68. The van der Waals surface area contributed by atoms with Gasteiger partial charge in [-0.3, -0.25) is 0 Å². The summed E-state index contributed by atoms with van der Waals surface area (Å²) in [5.74, 6) is 0. The van der Waals surface area contributed by atoms with Gasteiger partial charge in [0.05, 0.1) is 0 Å². The molecule has 8 heteroatoms. The molecule has 0 N–H and O–H groups in total. The number of anilines is 1. The van der Waals surface area contributed by atoms with Crippen LogP contribution in [0.1, 0.15) is 0 Å². The van der Waals surface area contributed by atoms with E-state index in [0.717, 1.165) is 5.19 Å². The van der Waals surface area contributed by atoms with Crippen LogP contribution in [0.25, 0.3) is 11.1 Å². The third kappa shape index (κ3) is 8.12. The molecule has 0 saturated carbocycles. The Morgan fingerprint density at radius 3 is 1.13 bits per heavy atom. The highest BCUT2D eigenvalue weighted by Crippen LogP contribution is 2.27. The number of rotatable bonds is 9. The van der Waals surface area contributed by atoms with Crippen LogP contribution in [0.5, 0.6) is 0 Å². The maximum absolute atomic E-state index is 6.85. The fraction of sp³-hybridized carbons (Fsp3) is 0.478. The average Bonchev–Trinajstić information content (AvgIpc) is 2.57. The zero-order chi connectivity index (χ0) is 23.7. The minimum Gasteiger partial charge on any atom is -0.414 e. The van der Waals surface area contributed by atoms with Crippen LogP contribution in [0.4, 0.5) is 5.69 Å². The zero-order valence-electron chi connectivity index (χ0n) is 21.3. The van der Waals surface area contributed by atoms with Gasteiger partial charge in [0.1, 0.15) is 0 Å². The Kier molecular flexibility index (Phi) is 8.01. The van der Waals surface area contributed by atoms with Crippen LogP contribution in [-0.4, -0.2) is 47.9 Å². The highest BCUT2D eigenvalue weighted by Gasteiger charge is 2.51. The summed E-state index contributed by atoms with van der Waals surface area (Å²) in [6.07, 6.45) is 0. The molecule has 0 atom stereocenters. The van der Waals surface area contributed by atoms with E-state index < -0.39 is 33.8 Å². The van der Waals surface area contributed by atoms with Gasteiger partial charge in [0.25, 0.3) is 0 Å². The molecule has 2 aromatic carbocycles. The Bertz CT molecular complexity index is 808. The first-order valence-corrected chi connectivity index (χ1v) is 22.9. The molecule has 172 valence electrons. The second-order valence-electron chi connectivity index (χ2n) is 11.2. The second kappa shape index (κ2) is 9.46. The molecule has 0 saturated heterocycles. The molecular formula is C23H41NO3Si4. The minimum absolute atomic E-state index is 1.08. The van der Waals surface area contributed by atoms with Crippen molar-refractivity contribution in [3.05, 3.63) is 48.5 Å². The Labute approximate surface area is 194 Å². The largest absolute Gasteiger partial charge is 0.505 e. The molecule has 0 aliphatic rings. The van der Waals surface area contributed by atoms with Crippen LogP contribution < -0.4 is 10.1 Å². The molecule has 0 unspecified atom stereocenters. The number of nitrogens with zero attached hydrogens (tertiary/aromatic N) is 1. The molecule has 0 spiro atoms. The van der Waals surface area contributed by atoms with Crippen molar-refractivity contribution in [1.29, 1.82) is 0 Å². The standard InChI is InChI=1S/C23H41NO3Si4/c1-24(2)22-16-12-20(13-17-22)21-14-18-23(19-15-21)31(25-28(3,4)5,26-29(6,7)8)27-30(9,10)11/h12-19H,1-11H3. The van der Waals surface area contributed by atoms with Crippen molar-refractivity contribution in [2.75, 3.05) is 19.0 Å². The van der Waals surface area contributed by atoms with E-state index in [1.165, 1.54) is 16.8 Å². The van der Waals surface area contributed by atoms with E-state index in [4.69, 9.17) is 12.3 Å². The van der Waals surface area contributed by atoms with Crippen LogP contribution >= 0.6 is 0 Å². The molecule has 0 aliphatic carbocycles. The van der Waals surface area contributed by atoms with Crippen molar-refractivity contribution in [3.8, 4) is 11.1 Å². The molecular weight excluding hydrogens is 451 g/mol. The van der Waals surface area contributed by atoms with Crippen molar-refractivity contribution in [2.24, 2.45) is 0 Å². The minimum atomic E-state index is -3.05. The quantitative estimate of drug-likeness (QED) is 0.395. The van der Waals surface area contributed by atoms with E-state index >= 15 is 0 Å². The van der Waals surface area contributed by atoms with Gasteiger partial charge in [-0.1, -0.05) is 36.4 Å². The van der Waals surface area contributed by atoms with Gasteiger partial charge in [-0.05, 0) is 82.2 Å². The monoisotopic (exact) mass is 491 g/mol. The van der Waals surface area contributed by atoms with Gasteiger partial charge in [-0.15, -0.1) is 0 Å². The highest BCUT2D eigenvalue weighted by molar-refractivity contribution is 6.95. The van der Waals surface area contributed by atoms with Crippen molar-refractivity contribution in [3.63, 3.8) is 0 Å². The summed E-state index contributed by atoms with van der Waals surface area (Å²) in [6, 6.07) is 17.3. The molecule has 2 aromatic rings. The third-order valence-electron chi connectivity index (χ3n) is 4.28. The van der Waals surface area contributed by atoms with E-state index in [0.29, 0.717) is 0 Å². The number of benzene rings is 2. The van der Waals surface area contributed by atoms with Gasteiger partial charge in [-0.25, -0.2) is 0 Å². The van der Waals surface area contributed by atoms with E-state index in [1.54, 1.807) is 0 Å². The maximum atomic E-state index is 6.85. The lowest BCUT2D eigenvalue weighted by Crippen LogP contribution is -2.67. The predicted molar refractivity (Wildman–Crippen MR) is 145 cm³/mol. The number of hydrogen-bond acceptors (Lipinski definition) is 4. The molecule has 0 fully saturated rings. The first-order valence-electron chi connectivity index (χ1n) is 11.0. The van der Waals surface area contributed by atoms with Gasteiger partial charge in [-0.2, -0.15) is 0 Å². The molecule has 31 heavy (non-hydrogen) atoms. The van der Waals surface area contributed by atoms with Gasteiger partial charge >= 0.3 is 8.80 Å². The van der Waals surface area contributed by atoms with Crippen molar-refractivity contribution in [2.45, 2.75) is 58.9 Å². The van der Waals surface area contributed by atoms with Crippen molar-refractivity contribution in [1.82, 2.24) is 0 Å². The van der Waals surface area contributed by atoms with Crippen LogP contribution in [0.2, 0.25) is 58.9 Å². The van der Waals surface area contributed by atoms with Crippen molar-refractivity contribution < 1.29 is 12.3 Å². The first kappa shape index (κ1) is 26.2. The molecule has 0 amide bonds. The molecule has 0 heterocycles. The molecule has 4 nitrogen and oxygen atoms in total. The third-order valence-corrected chi connectivity index (χ3v) is 15.9. The second-order valence-corrected chi connectivity index (χ2v) is 28.0. The molecule has 0 bridgehead atoms. The molecule has 0 aromatic heterocycles. The average molecular weight is 492 g/mol. The zero-order valence-corrected chi connectivity index (χ0v) is 25.3. The van der Waals surface area contributed by atoms with E-state index in [2.05, 4.69) is 126 Å². The van der Waals surface area contributed by atoms with Crippen LogP contribution in [0.15, 0.2) is 48.5 Å². The van der Waals surface area contributed by atoms with Gasteiger partial charge in [0, 0.05) is 25.0 Å². The number of hydrogen-bond donors (Lipinski definition) is 0. The maximum Gasteiger partial charge on any atom is 0.505 e. The van der Waals surface area contributed by atoms with Crippen LogP contribution in [0, 0.1) is 0 Å². The topological polar surface area (TPSA) is 30.9 Å². The van der Waals surface area contributed by atoms with E-state index in [-0.39, 0.29) is 0 Å². The lowest BCUT2D eigenvalue weighted by Gasteiger charge is -2.42. The first-order chi connectivity index (χ1) is 14.0. The smallest absolute Gasteiger partial charge is 0.414 e. The highest BCUT2D eigenvalue weighted by atomic mass is 28.5. The summed E-state index contributed by atoms with van der Waals surface area (Å²) in [5, 5.41) is 1.08. The Balaban J connectivity index is 2.51. The molecule has 2 rings (SSSR count).